The number of nitriles is 1. The molecule has 0 aromatic heterocycles. The fourth-order valence-electron chi connectivity index (χ4n) is 2.43. The second kappa shape index (κ2) is 4.09. The number of hydrogen-bond donors (Lipinski definition) is 0. The van der Waals surface area contributed by atoms with E-state index >= 15 is 0 Å². The molecule has 4 atom stereocenters. The molecule has 2 fully saturated rings. The Morgan fingerprint density at radius 2 is 1.46 bits per heavy atom. The van der Waals surface area contributed by atoms with Crippen molar-refractivity contribution < 1.29 is 0 Å². The van der Waals surface area contributed by atoms with Crippen LogP contribution in [0.5, 0.6) is 0 Å². The maximum Gasteiger partial charge on any atom is 0.179 e. The highest BCUT2D eigenvalue weighted by molar-refractivity contribution is 14.1. The summed E-state index contributed by atoms with van der Waals surface area (Å²) in [6.45, 7) is 0. The normalized spacial score (nSPS) is 44.2. The molecular weight excluding hydrogens is 390 g/mol. The molecule has 2 rings (SSSR count). The standard InChI is InChI=1S/C9H12I2N2/c10-6-1-2-7(11)9-4-3-8(6)13(9)5-12/h6-9H,1-4H2/t6-,7+,8-,9+. The Balaban J connectivity index is 2.23. The van der Waals surface area contributed by atoms with Crippen LogP contribution in [0.25, 0.3) is 0 Å². The lowest BCUT2D eigenvalue weighted by Crippen LogP contribution is -2.37. The molecule has 72 valence electrons. The molecule has 2 saturated heterocycles. The molecule has 0 aromatic carbocycles. The van der Waals surface area contributed by atoms with E-state index in [0.717, 1.165) is 0 Å². The van der Waals surface area contributed by atoms with Gasteiger partial charge in [-0.3, -0.25) is 0 Å². The Morgan fingerprint density at radius 1 is 1.00 bits per heavy atom. The fraction of sp³-hybridized carbons (Fsp3) is 0.889. The van der Waals surface area contributed by atoms with E-state index in [4.69, 9.17) is 5.26 Å². The molecule has 2 aliphatic rings. The predicted molar refractivity (Wildman–Crippen MR) is 69.1 cm³/mol. The zero-order valence-corrected chi connectivity index (χ0v) is 11.6. The maximum atomic E-state index is 9.10. The van der Waals surface area contributed by atoms with E-state index in [9.17, 15) is 0 Å². The van der Waals surface area contributed by atoms with E-state index < -0.39 is 0 Å². The van der Waals surface area contributed by atoms with E-state index in [0.29, 0.717) is 19.9 Å². The van der Waals surface area contributed by atoms with E-state index in [1.54, 1.807) is 0 Å². The molecule has 0 saturated carbocycles. The lowest BCUT2D eigenvalue weighted by atomic mass is 10.0. The van der Waals surface area contributed by atoms with Gasteiger partial charge in [0.15, 0.2) is 6.19 Å². The molecule has 2 bridgehead atoms. The number of hydrogen-bond acceptors (Lipinski definition) is 2. The van der Waals surface area contributed by atoms with E-state index in [1.165, 1.54) is 25.7 Å². The summed E-state index contributed by atoms with van der Waals surface area (Å²) in [7, 11) is 0. The van der Waals surface area contributed by atoms with Gasteiger partial charge in [-0.2, -0.15) is 5.26 Å². The Kier molecular flexibility index (Phi) is 3.23. The third-order valence-corrected chi connectivity index (χ3v) is 6.05. The average Bonchev–Trinajstić information content (AvgIpc) is 2.51. The van der Waals surface area contributed by atoms with Crippen LogP contribution in [0.1, 0.15) is 25.7 Å². The summed E-state index contributed by atoms with van der Waals surface area (Å²) in [6.07, 6.45) is 7.42. The summed E-state index contributed by atoms with van der Waals surface area (Å²) < 4.78 is 1.36. The highest BCUT2D eigenvalue weighted by atomic mass is 127. The van der Waals surface area contributed by atoms with Gasteiger partial charge in [0, 0.05) is 7.85 Å². The summed E-state index contributed by atoms with van der Waals surface area (Å²) >= 11 is 5.05. The van der Waals surface area contributed by atoms with Crippen LogP contribution in [0.3, 0.4) is 0 Å². The third kappa shape index (κ3) is 1.78. The SMILES string of the molecule is N#CN1[C@@H]2CC[C@H]1[C@@H](I)CC[C@H]2I. The van der Waals surface area contributed by atoms with Crippen molar-refractivity contribution in [1.29, 1.82) is 5.26 Å². The maximum absolute atomic E-state index is 9.10. The van der Waals surface area contributed by atoms with Crippen LogP contribution < -0.4 is 0 Å². The first-order valence-corrected chi connectivity index (χ1v) is 7.19. The second-order valence-corrected chi connectivity index (χ2v) is 7.03. The first-order valence-electron chi connectivity index (χ1n) is 4.70. The minimum Gasteiger partial charge on any atom is -0.302 e. The molecule has 4 heteroatoms. The lowest BCUT2D eigenvalue weighted by Gasteiger charge is -2.25. The van der Waals surface area contributed by atoms with Crippen molar-refractivity contribution in [3.8, 4) is 6.19 Å². The van der Waals surface area contributed by atoms with E-state index in [1.807, 2.05) is 0 Å². The predicted octanol–water partition coefficient (Wildman–Crippen LogP) is 2.70. The van der Waals surface area contributed by atoms with Crippen LogP contribution in [0.15, 0.2) is 0 Å². The largest absolute Gasteiger partial charge is 0.302 e. The highest BCUT2D eigenvalue weighted by Gasteiger charge is 2.42. The van der Waals surface area contributed by atoms with Crippen LogP contribution in [-0.2, 0) is 0 Å². The molecule has 2 aliphatic heterocycles. The van der Waals surface area contributed by atoms with Crippen molar-refractivity contribution >= 4 is 45.2 Å². The fourth-order valence-corrected chi connectivity index (χ4v) is 4.56. The molecule has 13 heavy (non-hydrogen) atoms. The van der Waals surface area contributed by atoms with Gasteiger partial charge in [0.05, 0.1) is 12.1 Å². The first kappa shape index (κ1) is 10.3. The number of nitrogens with zero attached hydrogens (tertiary/aromatic N) is 2. The molecule has 0 aromatic rings. The highest BCUT2D eigenvalue weighted by Crippen LogP contribution is 2.39. The number of fused-ring (bicyclic) bond motifs is 2. The van der Waals surface area contributed by atoms with Gasteiger partial charge in [0.1, 0.15) is 0 Å². The summed E-state index contributed by atoms with van der Waals surface area (Å²) in [4.78, 5) is 2.07. The third-order valence-electron chi connectivity index (χ3n) is 3.14. The van der Waals surface area contributed by atoms with Gasteiger partial charge in [-0.05, 0) is 25.7 Å². The minimum absolute atomic E-state index is 0.537. The van der Waals surface area contributed by atoms with Crippen LogP contribution in [-0.4, -0.2) is 24.8 Å². The van der Waals surface area contributed by atoms with Gasteiger partial charge >= 0.3 is 0 Å². The van der Waals surface area contributed by atoms with Gasteiger partial charge in [-0.15, -0.1) is 0 Å². The molecule has 0 radical (unpaired) electrons. The first-order chi connectivity index (χ1) is 6.24. The van der Waals surface area contributed by atoms with Crippen LogP contribution in [0.4, 0.5) is 0 Å². The Bertz CT molecular complexity index is 220. The number of alkyl halides is 2. The molecule has 2 heterocycles. The Labute approximate surface area is 106 Å². The zero-order chi connectivity index (χ0) is 9.42. The number of rotatable bonds is 0. The van der Waals surface area contributed by atoms with Crippen LogP contribution in [0, 0.1) is 11.5 Å². The van der Waals surface area contributed by atoms with Gasteiger partial charge in [-0.1, -0.05) is 45.2 Å². The lowest BCUT2D eigenvalue weighted by molar-refractivity contribution is 0.308. The second-order valence-electron chi connectivity index (χ2n) is 3.83. The van der Waals surface area contributed by atoms with Crippen molar-refractivity contribution in [3.63, 3.8) is 0 Å². The summed E-state index contributed by atoms with van der Waals surface area (Å²) in [6, 6.07) is 1.07. The summed E-state index contributed by atoms with van der Waals surface area (Å²) in [5.41, 5.74) is 0. The monoisotopic (exact) mass is 402 g/mol. The van der Waals surface area contributed by atoms with Gasteiger partial charge in [-0.25, -0.2) is 0 Å². The quantitative estimate of drug-likeness (QED) is 0.354. The molecule has 0 aliphatic carbocycles. The summed E-state index contributed by atoms with van der Waals surface area (Å²) in [5.74, 6) is 0. The van der Waals surface area contributed by atoms with Crippen molar-refractivity contribution in [3.05, 3.63) is 0 Å². The number of halogens is 2. The van der Waals surface area contributed by atoms with Crippen molar-refractivity contribution in [1.82, 2.24) is 4.90 Å². The molecule has 2 nitrogen and oxygen atoms in total. The molecule has 0 amide bonds. The average molecular weight is 402 g/mol. The van der Waals surface area contributed by atoms with Crippen molar-refractivity contribution in [2.24, 2.45) is 0 Å². The van der Waals surface area contributed by atoms with Gasteiger partial charge in [0.25, 0.3) is 0 Å². The van der Waals surface area contributed by atoms with Gasteiger partial charge < -0.3 is 4.90 Å². The molecule has 0 unspecified atom stereocenters. The van der Waals surface area contributed by atoms with Crippen molar-refractivity contribution in [2.75, 3.05) is 0 Å². The molecule has 0 N–H and O–H groups in total. The Hall–Kier alpha value is 0.750. The van der Waals surface area contributed by atoms with Crippen LogP contribution in [0.2, 0.25) is 0 Å². The molecular formula is C9H12I2N2. The molecule has 0 spiro atoms. The minimum atomic E-state index is 0.537. The topological polar surface area (TPSA) is 27.0 Å². The van der Waals surface area contributed by atoms with Crippen LogP contribution >= 0.6 is 45.2 Å². The van der Waals surface area contributed by atoms with E-state index in [2.05, 4.69) is 56.3 Å². The summed E-state index contributed by atoms with van der Waals surface area (Å²) in [5, 5.41) is 9.10. The van der Waals surface area contributed by atoms with E-state index in [-0.39, 0.29) is 0 Å². The Morgan fingerprint density at radius 3 is 1.85 bits per heavy atom. The zero-order valence-electron chi connectivity index (χ0n) is 7.29. The van der Waals surface area contributed by atoms with Gasteiger partial charge in [0.2, 0.25) is 0 Å². The smallest absolute Gasteiger partial charge is 0.179 e. The van der Waals surface area contributed by atoms with Crippen molar-refractivity contribution in [2.45, 2.75) is 45.6 Å².